The number of carbonyl (C=O) groups is 1. The van der Waals surface area contributed by atoms with E-state index in [1.54, 1.807) is 0 Å². The summed E-state index contributed by atoms with van der Waals surface area (Å²) < 4.78 is 18.7. The highest BCUT2D eigenvalue weighted by Crippen LogP contribution is 2.44. The van der Waals surface area contributed by atoms with E-state index in [0.29, 0.717) is 12.1 Å². The lowest BCUT2D eigenvalue weighted by atomic mass is 9.90. The minimum Gasteiger partial charge on any atom is -0.412 e. The van der Waals surface area contributed by atoms with Crippen LogP contribution in [0.3, 0.4) is 0 Å². The van der Waals surface area contributed by atoms with Crippen molar-refractivity contribution in [2.75, 3.05) is 13.1 Å². The van der Waals surface area contributed by atoms with Gasteiger partial charge in [0.1, 0.15) is 0 Å². The van der Waals surface area contributed by atoms with Gasteiger partial charge in [-0.3, -0.25) is 4.79 Å². The summed E-state index contributed by atoms with van der Waals surface area (Å²) in [6.07, 6.45) is 0.636. The topological polar surface area (TPSA) is 48.0 Å². The molecule has 0 unspecified atom stereocenters. The molecule has 0 aliphatic carbocycles. The molecule has 1 aromatic rings. The first-order valence-corrected chi connectivity index (χ1v) is 14.0. The molecule has 2 saturated heterocycles. The molecule has 0 aromatic heterocycles. The molecule has 6 heteroatoms. The first-order valence-electron chi connectivity index (χ1n) is 11.1. The Balaban J connectivity index is 1.62. The van der Waals surface area contributed by atoms with E-state index < -0.39 is 14.6 Å². The third-order valence-corrected chi connectivity index (χ3v) is 11.9. The van der Waals surface area contributed by atoms with Crippen LogP contribution in [-0.2, 0) is 13.9 Å². The number of benzene rings is 1. The fourth-order valence-corrected chi connectivity index (χ4v) is 4.93. The number of amides is 1. The first-order chi connectivity index (χ1) is 13.6. The maximum Gasteiger partial charge on any atom is 0.253 e. The molecular formula is C24H39NO4Si. The van der Waals surface area contributed by atoms with Crippen LogP contribution in [0.1, 0.15) is 77.1 Å². The number of likely N-dealkylation sites (tertiary alicyclic amines) is 1. The number of nitrogens with zero attached hydrogens (tertiary/aromatic N) is 1. The number of rotatable bonds is 4. The average Bonchev–Trinajstić information content (AvgIpc) is 3.15. The molecule has 2 aliphatic rings. The monoisotopic (exact) mass is 433 g/mol. The highest BCUT2D eigenvalue weighted by atomic mass is 28.4. The van der Waals surface area contributed by atoms with E-state index in [2.05, 4.69) is 33.9 Å². The summed E-state index contributed by atoms with van der Waals surface area (Å²) in [7, 11) is -1.83. The lowest BCUT2D eigenvalue weighted by molar-refractivity contribution is -0.0895. The summed E-state index contributed by atoms with van der Waals surface area (Å²) >= 11 is 0. The minimum atomic E-state index is -1.83. The van der Waals surface area contributed by atoms with Crippen LogP contribution in [0.2, 0.25) is 18.1 Å². The fourth-order valence-electron chi connectivity index (χ4n) is 3.55. The molecular weight excluding hydrogens is 394 g/mol. The molecule has 5 nitrogen and oxygen atoms in total. The van der Waals surface area contributed by atoms with Crippen molar-refractivity contribution in [1.82, 2.24) is 4.90 Å². The van der Waals surface area contributed by atoms with E-state index >= 15 is 0 Å². The summed E-state index contributed by atoms with van der Waals surface area (Å²) in [4.78, 5) is 14.9. The lowest BCUT2D eigenvalue weighted by Gasteiger charge is -2.38. The zero-order valence-electron chi connectivity index (χ0n) is 20.2. The van der Waals surface area contributed by atoms with E-state index in [9.17, 15) is 4.79 Å². The molecule has 30 heavy (non-hydrogen) atoms. The Bertz CT molecular complexity index is 763. The van der Waals surface area contributed by atoms with Gasteiger partial charge in [0, 0.05) is 24.2 Å². The van der Waals surface area contributed by atoms with Crippen molar-refractivity contribution in [3.63, 3.8) is 0 Å². The largest absolute Gasteiger partial charge is 0.412 e. The van der Waals surface area contributed by atoms with Gasteiger partial charge in [0.2, 0.25) is 0 Å². The molecule has 1 atom stereocenters. The smallest absolute Gasteiger partial charge is 0.253 e. The van der Waals surface area contributed by atoms with Crippen LogP contribution in [0.15, 0.2) is 24.3 Å². The zero-order chi connectivity index (χ0) is 22.5. The molecule has 2 heterocycles. The minimum absolute atomic E-state index is 0.0665. The van der Waals surface area contributed by atoms with Gasteiger partial charge in [-0.15, -0.1) is 0 Å². The highest BCUT2D eigenvalue weighted by molar-refractivity contribution is 6.74. The van der Waals surface area contributed by atoms with Crippen LogP contribution in [0.4, 0.5) is 0 Å². The molecule has 0 saturated carbocycles. The van der Waals surface area contributed by atoms with Crippen LogP contribution < -0.4 is 0 Å². The SMILES string of the molecule is CC1(C)OC(c2ccc(C(=O)N3CC[C@@H](O[Si](C)(C)C(C)(C)C)C3)cc2)OC1(C)C. The molecule has 2 fully saturated rings. The maximum absolute atomic E-state index is 13.0. The zero-order valence-corrected chi connectivity index (χ0v) is 21.2. The van der Waals surface area contributed by atoms with Crippen molar-refractivity contribution in [2.45, 2.75) is 96.6 Å². The quantitative estimate of drug-likeness (QED) is 0.586. The molecule has 2 aliphatic heterocycles. The van der Waals surface area contributed by atoms with Gasteiger partial charge in [0.25, 0.3) is 5.91 Å². The summed E-state index contributed by atoms with van der Waals surface area (Å²) in [5.74, 6) is 0.0665. The van der Waals surface area contributed by atoms with Gasteiger partial charge >= 0.3 is 0 Å². The van der Waals surface area contributed by atoms with E-state index in [4.69, 9.17) is 13.9 Å². The molecule has 3 rings (SSSR count). The Labute approximate surface area is 183 Å². The van der Waals surface area contributed by atoms with E-state index in [1.807, 2.05) is 56.9 Å². The maximum atomic E-state index is 13.0. The molecule has 0 N–H and O–H groups in total. The van der Waals surface area contributed by atoms with Crippen molar-refractivity contribution in [3.8, 4) is 0 Å². The predicted molar refractivity (Wildman–Crippen MR) is 122 cm³/mol. The Morgan fingerprint density at radius 1 is 1.07 bits per heavy atom. The standard InChI is InChI=1S/C24H39NO4Si/c1-22(2,3)30(8,9)29-19-14-15-25(16-19)20(26)17-10-12-18(13-11-17)21-27-23(4,5)24(6,7)28-21/h10-13,19,21H,14-16H2,1-9H3/t19-/m1/s1. The van der Waals surface area contributed by atoms with Crippen molar-refractivity contribution in [3.05, 3.63) is 35.4 Å². The summed E-state index contributed by atoms with van der Waals surface area (Å²) in [6, 6.07) is 7.64. The number of carbonyl (C=O) groups excluding carboxylic acids is 1. The summed E-state index contributed by atoms with van der Waals surface area (Å²) in [6.45, 7) is 20.9. The van der Waals surface area contributed by atoms with Crippen LogP contribution >= 0.6 is 0 Å². The van der Waals surface area contributed by atoms with E-state index in [-0.39, 0.29) is 28.3 Å². The van der Waals surface area contributed by atoms with Gasteiger partial charge in [-0.25, -0.2) is 0 Å². The van der Waals surface area contributed by atoms with Crippen LogP contribution in [0.5, 0.6) is 0 Å². The Morgan fingerprint density at radius 3 is 2.10 bits per heavy atom. The number of hydrogen-bond donors (Lipinski definition) is 0. The number of hydrogen-bond acceptors (Lipinski definition) is 4. The van der Waals surface area contributed by atoms with Crippen molar-refractivity contribution in [1.29, 1.82) is 0 Å². The normalized spacial score (nSPS) is 24.4. The van der Waals surface area contributed by atoms with Gasteiger partial charge in [0.05, 0.1) is 17.3 Å². The highest BCUT2D eigenvalue weighted by Gasteiger charge is 2.49. The third-order valence-electron chi connectivity index (χ3n) is 7.38. The van der Waals surface area contributed by atoms with Gasteiger partial charge in [-0.05, 0) is 64.4 Å². The Kier molecular flexibility index (Phi) is 6.04. The first kappa shape index (κ1) is 23.5. The second-order valence-corrected chi connectivity index (χ2v) is 16.0. The molecule has 168 valence electrons. The molecule has 0 spiro atoms. The number of ether oxygens (including phenoxy) is 2. The van der Waals surface area contributed by atoms with Crippen LogP contribution in [0, 0.1) is 0 Å². The Hall–Kier alpha value is -1.21. The molecule has 1 amide bonds. The third kappa shape index (κ3) is 4.52. The Morgan fingerprint density at radius 2 is 1.60 bits per heavy atom. The summed E-state index contributed by atoms with van der Waals surface area (Å²) in [5.41, 5.74) is 0.885. The second-order valence-electron chi connectivity index (χ2n) is 11.3. The molecule has 1 aromatic carbocycles. The molecule has 0 bridgehead atoms. The van der Waals surface area contributed by atoms with E-state index in [1.165, 1.54) is 0 Å². The average molecular weight is 434 g/mol. The van der Waals surface area contributed by atoms with Crippen LogP contribution in [0.25, 0.3) is 0 Å². The predicted octanol–water partition coefficient (Wildman–Crippen LogP) is 5.53. The van der Waals surface area contributed by atoms with Crippen molar-refractivity contribution < 1.29 is 18.7 Å². The van der Waals surface area contributed by atoms with Gasteiger partial charge in [-0.1, -0.05) is 32.9 Å². The van der Waals surface area contributed by atoms with Crippen molar-refractivity contribution in [2.24, 2.45) is 0 Å². The van der Waals surface area contributed by atoms with Crippen LogP contribution in [-0.4, -0.2) is 49.5 Å². The van der Waals surface area contributed by atoms with E-state index in [0.717, 1.165) is 18.5 Å². The lowest BCUT2D eigenvalue weighted by Crippen LogP contribution is -2.44. The van der Waals surface area contributed by atoms with Crippen molar-refractivity contribution >= 4 is 14.2 Å². The second kappa shape index (κ2) is 7.73. The van der Waals surface area contributed by atoms with Gasteiger partial charge in [-0.2, -0.15) is 0 Å². The van der Waals surface area contributed by atoms with Gasteiger partial charge in [0.15, 0.2) is 14.6 Å². The van der Waals surface area contributed by atoms with Gasteiger partial charge < -0.3 is 18.8 Å². The fraction of sp³-hybridized carbons (Fsp3) is 0.708. The summed E-state index contributed by atoms with van der Waals surface area (Å²) in [5, 5.41) is 0.174. The molecule has 0 radical (unpaired) electrons.